The molecule has 0 atom stereocenters. The van der Waals surface area contributed by atoms with Gasteiger partial charge in [-0.05, 0) is 48.0 Å². The molecule has 0 radical (unpaired) electrons. The van der Waals surface area contributed by atoms with E-state index >= 15 is 0 Å². The number of imide groups is 2. The fourth-order valence-corrected chi connectivity index (χ4v) is 2.47. The smallest absolute Gasteiger partial charge is 0.328 e. The van der Waals surface area contributed by atoms with Gasteiger partial charge in [0.2, 0.25) is 0 Å². The van der Waals surface area contributed by atoms with Crippen molar-refractivity contribution in [1.82, 2.24) is 10.6 Å². The average Bonchev–Trinajstić information content (AvgIpc) is 2.64. The summed E-state index contributed by atoms with van der Waals surface area (Å²) >= 11 is 0. The van der Waals surface area contributed by atoms with Crippen LogP contribution in [-0.2, 0) is 16.2 Å². The average molecular weight is 370 g/mol. The van der Waals surface area contributed by atoms with Crippen LogP contribution in [0.3, 0.4) is 0 Å². The van der Waals surface area contributed by atoms with Gasteiger partial charge in [0.25, 0.3) is 11.8 Å². The van der Waals surface area contributed by atoms with Gasteiger partial charge in [-0.15, -0.1) is 0 Å². The van der Waals surface area contributed by atoms with Crippen LogP contribution in [0.1, 0.15) is 11.1 Å². The molecular formula is C19H15FN2O5. The van der Waals surface area contributed by atoms with E-state index in [1.165, 1.54) is 37.5 Å². The molecule has 0 bridgehead atoms. The molecule has 1 aliphatic heterocycles. The lowest BCUT2D eigenvalue weighted by atomic mass is 10.1. The standard InChI is InChI=1S/C19H15FN2O5/c1-26-16-7-2-11(9-15-17(23)21-19(25)22-18(15)24)8-12(16)10-27-14-5-3-13(20)4-6-14/h2-9H,10H2,1H3,(H2,21,22,23,24,25). The first-order valence-electron chi connectivity index (χ1n) is 7.90. The van der Waals surface area contributed by atoms with Gasteiger partial charge in [0, 0.05) is 5.56 Å². The van der Waals surface area contributed by atoms with Crippen molar-refractivity contribution in [2.24, 2.45) is 0 Å². The van der Waals surface area contributed by atoms with Gasteiger partial charge >= 0.3 is 6.03 Å². The summed E-state index contributed by atoms with van der Waals surface area (Å²) in [4.78, 5) is 34.8. The van der Waals surface area contributed by atoms with Crippen LogP contribution >= 0.6 is 0 Å². The molecule has 2 aromatic rings. The van der Waals surface area contributed by atoms with E-state index in [-0.39, 0.29) is 18.0 Å². The summed E-state index contributed by atoms with van der Waals surface area (Å²) in [6, 6.07) is 9.73. The number of hydrogen-bond donors (Lipinski definition) is 2. The Hall–Kier alpha value is -3.68. The normalized spacial score (nSPS) is 13.7. The lowest BCUT2D eigenvalue weighted by Crippen LogP contribution is -2.51. The minimum absolute atomic E-state index is 0.128. The van der Waals surface area contributed by atoms with Crippen molar-refractivity contribution in [1.29, 1.82) is 0 Å². The third-order valence-corrected chi connectivity index (χ3v) is 3.77. The van der Waals surface area contributed by atoms with Crippen molar-refractivity contribution in [2.75, 3.05) is 7.11 Å². The van der Waals surface area contributed by atoms with Crippen LogP contribution in [0, 0.1) is 5.82 Å². The van der Waals surface area contributed by atoms with E-state index in [0.717, 1.165) is 0 Å². The van der Waals surface area contributed by atoms with Gasteiger partial charge in [-0.25, -0.2) is 9.18 Å². The fourth-order valence-electron chi connectivity index (χ4n) is 2.47. The summed E-state index contributed by atoms with van der Waals surface area (Å²) in [6.07, 6.45) is 1.36. The van der Waals surface area contributed by atoms with Crippen molar-refractivity contribution in [3.63, 3.8) is 0 Å². The summed E-state index contributed by atoms with van der Waals surface area (Å²) in [5.74, 6) is -0.887. The summed E-state index contributed by atoms with van der Waals surface area (Å²) < 4.78 is 23.9. The first-order chi connectivity index (χ1) is 13.0. The van der Waals surface area contributed by atoms with Crippen molar-refractivity contribution >= 4 is 23.9 Å². The molecule has 1 aliphatic rings. The Morgan fingerprint density at radius 3 is 2.30 bits per heavy atom. The van der Waals surface area contributed by atoms with E-state index in [9.17, 15) is 18.8 Å². The minimum atomic E-state index is -0.856. The number of benzene rings is 2. The highest BCUT2D eigenvalue weighted by Crippen LogP contribution is 2.24. The third-order valence-electron chi connectivity index (χ3n) is 3.77. The Labute approximate surface area is 153 Å². The highest BCUT2D eigenvalue weighted by atomic mass is 19.1. The first kappa shape index (κ1) is 18.1. The first-order valence-corrected chi connectivity index (χ1v) is 7.90. The van der Waals surface area contributed by atoms with Crippen molar-refractivity contribution < 1.29 is 28.2 Å². The molecular weight excluding hydrogens is 355 g/mol. The number of hydrogen-bond acceptors (Lipinski definition) is 5. The molecule has 2 N–H and O–H groups in total. The zero-order valence-electron chi connectivity index (χ0n) is 14.2. The molecule has 3 rings (SSSR count). The maximum atomic E-state index is 13.0. The van der Waals surface area contributed by atoms with Crippen LogP contribution in [0.2, 0.25) is 0 Å². The lowest BCUT2D eigenvalue weighted by Gasteiger charge is -2.15. The summed E-state index contributed by atoms with van der Waals surface area (Å²) in [5.41, 5.74) is 1.01. The molecule has 0 saturated carbocycles. The maximum Gasteiger partial charge on any atom is 0.328 e. The largest absolute Gasteiger partial charge is 0.496 e. The summed E-state index contributed by atoms with van der Waals surface area (Å²) in [5, 5.41) is 4.02. The quantitative estimate of drug-likeness (QED) is 0.621. The highest BCUT2D eigenvalue weighted by molar-refractivity contribution is 6.31. The van der Waals surface area contributed by atoms with Gasteiger partial charge in [0.15, 0.2) is 0 Å². The van der Waals surface area contributed by atoms with Gasteiger partial charge in [-0.2, -0.15) is 0 Å². The number of rotatable bonds is 5. The summed E-state index contributed by atoms with van der Waals surface area (Å²) in [6.45, 7) is 0.128. The Balaban J connectivity index is 1.83. The number of carbonyl (C=O) groups is 3. The molecule has 4 amide bonds. The number of barbiturate groups is 1. The molecule has 0 unspecified atom stereocenters. The molecule has 1 saturated heterocycles. The number of halogens is 1. The molecule has 0 aromatic heterocycles. The highest BCUT2D eigenvalue weighted by Gasteiger charge is 2.27. The minimum Gasteiger partial charge on any atom is -0.496 e. The number of carbonyl (C=O) groups excluding carboxylic acids is 3. The zero-order chi connectivity index (χ0) is 19.4. The van der Waals surface area contributed by atoms with Crippen LogP contribution in [0.4, 0.5) is 9.18 Å². The van der Waals surface area contributed by atoms with E-state index in [0.29, 0.717) is 22.6 Å². The third kappa shape index (κ3) is 4.30. The second-order valence-corrected chi connectivity index (χ2v) is 5.61. The molecule has 0 spiro atoms. The van der Waals surface area contributed by atoms with Gasteiger partial charge in [0.05, 0.1) is 7.11 Å². The van der Waals surface area contributed by atoms with Crippen LogP contribution in [0.5, 0.6) is 11.5 Å². The molecule has 8 heteroatoms. The second-order valence-electron chi connectivity index (χ2n) is 5.61. The van der Waals surface area contributed by atoms with E-state index in [1.807, 2.05) is 10.6 Å². The molecule has 1 fully saturated rings. The second kappa shape index (κ2) is 7.69. The molecule has 0 aliphatic carbocycles. The van der Waals surface area contributed by atoms with Crippen LogP contribution in [0.25, 0.3) is 6.08 Å². The number of methoxy groups -OCH3 is 1. The van der Waals surface area contributed by atoms with Gasteiger partial charge in [-0.1, -0.05) is 6.07 Å². The Kier molecular flexibility index (Phi) is 5.16. The number of urea groups is 1. The Bertz CT molecular complexity index is 916. The van der Waals surface area contributed by atoms with E-state index in [1.54, 1.807) is 18.2 Å². The monoisotopic (exact) mass is 370 g/mol. The maximum absolute atomic E-state index is 13.0. The molecule has 2 aromatic carbocycles. The summed E-state index contributed by atoms with van der Waals surface area (Å²) in [7, 11) is 1.50. The van der Waals surface area contributed by atoms with Gasteiger partial charge in [-0.3, -0.25) is 20.2 Å². The Morgan fingerprint density at radius 2 is 1.67 bits per heavy atom. The lowest BCUT2D eigenvalue weighted by molar-refractivity contribution is -0.123. The van der Waals surface area contributed by atoms with Crippen molar-refractivity contribution in [3.8, 4) is 11.5 Å². The Morgan fingerprint density at radius 1 is 1.00 bits per heavy atom. The van der Waals surface area contributed by atoms with E-state index in [4.69, 9.17) is 9.47 Å². The SMILES string of the molecule is COc1ccc(C=C2C(=O)NC(=O)NC2=O)cc1COc1ccc(F)cc1. The molecule has 27 heavy (non-hydrogen) atoms. The van der Waals surface area contributed by atoms with Crippen LogP contribution < -0.4 is 20.1 Å². The molecule has 1 heterocycles. The van der Waals surface area contributed by atoms with E-state index < -0.39 is 17.8 Å². The number of amides is 4. The van der Waals surface area contributed by atoms with Crippen LogP contribution in [-0.4, -0.2) is 25.0 Å². The number of nitrogens with one attached hydrogen (secondary N) is 2. The van der Waals surface area contributed by atoms with Crippen LogP contribution in [0.15, 0.2) is 48.0 Å². The molecule has 138 valence electrons. The van der Waals surface area contributed by atoms with Crippen molar-refractivity contribution in [3.05, 3.63) is 65.0 Å². The molecule has 7 nitrogen and oxygen atoms in total. The topological polar surface area (TPSA) is 93.7 Å². The van der Waals surface area contributed by atoms with Gasteiger partial charge in [0.1, 0.15) is 29.5 Å². The predicted octanol–water partition coefficient (Wildman–Crippen LogP) is 2.16. The predicted molar refractivity (Wildman–Crippen MR) is 93.4 cm³/mol. The fraction of sp³-hybridized carbons (Fsp3) is 0.105. The van der Waals surface area contributed by atoms with Crippen molar-refractivity contribution in [2.45, 2.75) is 6.61 Å². The number of ether oxygens (including phenoxy) is 2. The zero-order valence-corrected chi connectivity index (χ0v) is 14.2. The van der Waals surface area contributed by atoms with E-state index in [2.05, 4.69) is 0 Å². The van der Waals surface area contributed by atoms with Gasteiger partial charge < -0.3 is 9.47 Å².